The van der Waals surface area contributed by atoms with E-state index in [9.17, 15) is 0 Å². The highest BCUT2D eigenvalue weighted by Gasteiger charge is 2.14. The molecule has 28 heavy (non-hydrogen) atoms. The Morgan fingerprint density at radius 3 is 1.93 bits per heavy atom. The van der Waals surface area contributed by atoms with Crippen LogP contribution in [0.1, 0.15) is 95.0 Å². The number of hydrogen-bond donors (Lipinski definition) is 2. The van der Waals surface area contributed by atoms with E-state index in [1.54, 1.807) is 0 Å². The van der Waals surface area contributed by atoms with Crippen LogP contribution in [-0.2, 0) is 13.1 Å². The van der Waals surface area contributed by atoms with E-state index < -0.39 is 0 Å². The molecule has 0 aromatic carbocycles. The van der Waals surface area contributed by atoms with Gasteiger partial charge in [0.1, 0.15) is 6.54 Å². The summed E-state index contributed by atoms with van der Waals surface area (Å²) in [5, 5.41) is 14.9. The molecule has 7 nitrogen and oxygen atoms in total. The normalized spacial score (nSPS) is 12.2. The van der Waals surface area contributed by atoms with Gasteiger partial charge in [0.05, 0.1) is 17.9 Å². The molecule has 0 fully saturated rings. The van der Waals surface area contributed by atoms with Gasteiger partial charge >= 0.3 is 0 Å². The van der Waals surface area contributed by atoms with Gasteiger partial charge in [0.25, 0.3) is 0 Å². The monoisotopic (exact) mass is 389 g/mol. The van der Waals surface area contributed by atoms with Crippen LogP contribution in [0.25, 0.3) is 0 Å². The summed E-state index contributed by atoms with van der Waals surface area (Å²) >= 11 is 0. The summed E-state index contributed by atoms with van der Waals surface area (Å²) in [6.07, 6.45) is 4.25. The first-order valence-corrected chi connectivity index (χ1v) is 10.6. The third kappa shape index (κ3) is 6.11. The van der Waals surface area contributed by atoms with E-state index in [0.717, 1.165) is 55.1 Å². The van der Waals surface area contributed by atoms with Gasteiger partial charge in [-0.25, -0.2) is 4.99 Å². The van der Waals surface area contributed by atoms with Crippen molar-refractivity contribution in [2.24, 2.45) is 4.99 Å². The molecular formula is C21H35N5O2. The zero-order valence-corrected chi connectivity index (χ0v) is 17.9. The molecule has 2 heterocycles. The quantitative estimate of drug-likeness (QED) is 0.427. The molecule has 2 aromatic rings. The minimum atomic E-state index is 0.442. The van der Waals surface area contributed by atoms with E-state index in [2.05, 4.69) is 53.6 Å². The van der Waals surface area contributed by atoms with Crippen molar-refractivity contribution in [2.45, 2.75) is 85.2 Å². The van der Waals surface area contributed by atoms with Crippen LogP contribution in [0.5, 0.6) is 0 Å². The highest BCUT2D eigenvalue weighted by molar-refractivity contribution is 5.79. The molecule has 7 heteroatoms. The lowest BCUT2D eigenvalue weighted by molar-refractivity contribution is 0.367. The molecule has 0 aliphatic rings. The van der Waals surface area contributed by atoms with Crippen LogP contribution in [0.4, 0.5) is 0 Å². The Morgan fingerprint density at radius 1 is 0.857 bits per heavy atom. The van der Waals surface area contributed by atoms with E-state index in [4.69, 9.17) is 9.05 Å². The van der Waals surface area contributed by atoms with Gasteiger partial charge in [-0.05, 0) is 32.6 Å². The summed E-state index contributed by atoms with van der Waals surface area (Å²) < 4.78 is 10.9. The molecule has 0 amide bonds. The molecule has 2 rings (SSSR count). The van der Waals surface area contributed by atoms with Crippen LogP contribution in [0.2, 0.25) is 0 Å². The Balaban J connectivity index is 1.95. The number of nitrogens with one attached hydrogen (secondary N) is 2. The van der Waals surface area contributed by atoms with Crippen LogP contribution >= 0.6 is 0 Å². The Morgan fingerprint density at radius 2 is 1.39 bits per heavy atom. The van der Waals surface area contributed by atoms with Crippen LogP contribution in [-0.4, -0.2) is 22.8 Å². The summed E-state index contributed by atoms with van der Waals surface area (Å²) in [5.74, 6) is 3.19. The van der Waals surface area contributed by atoms with Gasteiger partial charge in [0.2, 0.25) is 0 Å². The van der Waals surface area contributed by atoms with Crippen molar-refractivity contribution >= 4 is 5.96 Å². The Hall–Kier alpha value is -2.31. The number of hydrogen-bond acceptors (Lipinski definition) is 5. The zero-order chi connectivity index (χ0) is 20.4. The van der Waals surface area contributed by atoms with Gasteiger partial charge in [-0.15, -0.1) is 0 Å². The van der Waals surface area contributed by atoms with Crippen molar-refractivity contribution in [3.8, 4) is 0 Å². The first kappa shape index (κ1) is 22.0. The van der Waals surface area contributed by atoms with E-state index in [1.807, 2.05) is 19.1 Å². The smallest absolute Gasteiger partial charge is 0.192 e. The van der Waals surface area contributed by atoms with Crippen molar-refractivity contribution < 1.29 is 9.05 Å². The molecule has 2 aromatic heterocycles. The predicted octanol–water partition coefficient (Wildman–Crippen LogP) is 4.73. The fourth-order valence-corrected chi connectivity index (χ4v) is 3.28. The average Bonchev–Trinajstić information content (AvgIpc) is 3.36. The van der Waals surface area contributed by atoms with Crippen LogP contribution < -0.4 is 10.6 Å². The van der Waals surface area contributed by atoms with Crippen LogP contribution in [0.3, 0.4) is 0 Å². The van der Waals surface area contributed by atoms with Crippen molar-refractivity contribution in [1.82, 2.24) is 20.9 Å². The first-order chi connectivity index (χ1) is 13.6. The summed E-state index contributed by atoms with van der Waals surface area (Å²) in [5.41, 5.74) is 2.04. The number of guanidine groups is 1. The summed E-state index contributed by atoms with van der Waals surface area (Å²) in [6.45, 7) is 12.5. The van der Waals surface area contributed by atoms with E-state index in [0.29, 0.717) is 30.9 Å². The highest BCUT2D eigenvalue weighted by Crippen LogP contribution is 2.23. The lowest BCUT2D eigenvalue weighted by atomic mass is 9.99. The average molecular weight is 390 g/mol. The van der Waals surface area contributed by atoms with Crippen LogP contribution in [0.15, 0.2) is 26.2 Å². The summed E-state index contributed by atoms with van der Waals surface area (Å²) in [6, 6.07) is 4.05. The second kappa shape index (κ2) is 11.5. The second-order valence-electron chi connectivity index (χ2n) is 7.01. The van der Waals surface area contributed by atoms with Gasteiger partial charge in [0, 0.05) is 30.5 Å². The number of nitrogens with zero attached hydrogens (tertiary/aromatic N) is 3. The Kier molecular flexibility index (Phi) is 9.04. The maximum absolute atomic E-state index is 5.47. The molecule has 0 bridgehead atoms. The van der Waals surface area contributed by atoms with Crippen molar-refractivity contribution in [3.63, 3.8) is 0 Å². The molecule has 0 spiro atoms. The molecule has 0 saturated carbocycles. The first-order valence-electron chi connectivity index (χ1n) is 10.6. The van der Waals surface area contributed by atoms with Crippen molar-refractivity contribution in [2.75, 3.05) is 6.54 Å². The van der Waals surface area contributed by atoms with Gasteiger partial charge < -0.3 is 19.7 Å². The Bertz CT molecular complexity index is 714. The molecule has 0 unspecified atom stereocenters. The SMILES string of the molecule is CCNC(=NCc1cc(C(CC)CC)no1)NCc1cc(C(CC)CC)no1. The minimum absolute atomic E-state index is 0.442. The molecule has 0 saturated heterocycles. The maximum Gasteiger partial charge on any atom is 0.192 e. The molecule has 0 radical (unpaired) electrons. The molecule has 0 atom stereocenters. The standard InChI is InChI=1S/C21H35N5O2/c1-6-15(7-2)19-11-17(27-25-19)13-23-21(22-10-5)24-14-18-12-20(26-28-18)16(8-3)9-4/h11-12,15-16H,6-10,13-14H2,1-5H3,(H2,22,23,24). The third-order valence-corrected chi connectivity index (χ3v) is 5.13. The van der Waals surface area contributed by atoms with E-state index in [1.165, 1.54) is 0 Å². The van der Waals surface area contributed by atoms with Gasteiger partial charge in [-0.2, -0.15) is 0 Å². The topological polar surface area (TPSA) is 88.5 Å². The predicted molar refractivity (Wildman–Crippen MR) is 111 cm³/mol. The summed E-state index contributed by atoms with van der Waals surface area (Å²) in [7, 11) is 0. The lowest BCUT2D eigenvalue weighted by Gasteiger charge is -2.09. The second-order valence-corrected chi connectivity index (χ2v) is 7.01. The Labute approximate surface area is 168 Å². The number of rotatable bonds is 11. The fraction of sp³-hybridized carbons (Fsp3) is 0.667. The maximum atomic E-state index is 5.47. The summed E-state index contributed by atoms with van der Waals surface area (Å²) in [4.78, 5) is 4.60. The molecule has 156 valence electrons. The third-order valence-electron chi connectivity index (χ3n) is 5.13. The number of aliphatic imine (C=N–C) groups is 1. The largest absolute Gasteiger partial charge is 0.359 e. The highest BCUT2D eigenvalue weighted by atomic mass is 16.5. The molecule has 0 aliphatic heterocycles. The van der Waals surface area contributed by atoms with Gasteiger partial charge in [-0.1, -0.05) is 38.0 Å². The van der Waals surface area contributed by atoms with Crippen LogP contribution in [0, 0.1) is 0 Å². The zero-order valence-electron chi connectivity index (χ0n) is 17.9. The van der Waals surface area contributed by atoms with Gasteiger partial charge in [-0.3, -0.25) is 0 Å². The van der Waals surface area contributed by atoms with E-state index in [-0.39, 0.29) is 0 Å². The molecule has 0 aliphatic carbocycles. The van der Waals surface area contributed by atoms with Gasteiger partial charge in [0.15, 0.2) is 17.5 Å². The minimum Gasteiger partial charge on any atom is -0.359 e. The van der Waals surface area contributed by atoms with Crippen molar-refractivity contribution in [1.29, 1.82) is 0 Å². The number of aromatic nitrogens is 2. The lowest BCUT2D eigenvalue weighted by Crippen LogP contribution is -2.36. The van der Waals surface area contributed by atoms with Crippen molar-refractivity contribution in [3.05, 3.63) is 35.0 Å². The fourth-order valence-electron chi connectivity index (χ4n) is 3.28. The van der Waals surface area contributed by atoms with E-state index >= 15 is 0 Å². The molecule has 2 N–H and O–H groups in total. The molecular weight excluding hydrogens is 354 g/mol.